The number of rotatable bonds is 1. The minimum Gasteiger partial charge on any atom is -0.462 e. The summed E-state index contributed by atoms with van der Waals surface area (Å²) in [5.74, 6) is -0.899. The molecule has 5 rings (SSSR count). The van der Waals surface area contributed by atoms with E-state index in [0.29, 0.717) is 19.4 Å². The van der Waals surface area contributed by atoms with Crippen molar-refractivity contribution in [3.8, 4) is 0 Å². The highest BCUT2D eigenvalue weighted by Gasteiger charge is 2.87. The lowest BCUT2D eigenvalue weighted by molar-refractivity contribution is -0.190. The van der Waals surface area contributed by atoms with E-state index in [1.165, 1.54) is 6.92 Å². The highest BCUT2D eigenvalue weighted by atomic mass is 16.7. The molecule has 5 aliphatic rings. The number of allylic oxidation sites excluding steroid dienone is 1. The Morgan fingerprint density at radius 2 is 2.00 bits per heavy atom. The summed E-state index contributed by atoms with van der Waals surface area (Å²) in [6, 6.07) is 0. The molecule has 0 amide bonds. The molecule has 7 nitrogen and oxygen atoms in total. The first kappa shape index (κ1) is 20.5. The largest absolute Gasteiger partial charge is 0.462 e. The van der Waals surface area contributed by atoms with Gasteiger partial charge in [-0.15, -0.1) is 0 Å². The van der Waals surface area contributed by atoms with Gasteiger partial charge in [-0.1, -0.05) is 19.4 Å². The van der Waals surface area contributed by atoms with Crippen LogP contribution in [0.25, 0.3) is 0 Å². The van der Waals surface area contributed by atoms with Gasteiger partial charge >= 0.3 is 11.9 Å². The van der Waals surface area contributed by atoms with Crippen LogP contribution in [0, 0.1) is 17.3 Å². The highest BCUT2D eigenvalue weighted by molar-refractivity contribution is 5.88. The van der Waals surface area contributed by atoms with E-state index in [1.807, 2.05) is 13.0 Å². The molecule has 3 saturated heterocycles. The number of aliphatic hydroxyl groups is 1. The first-order valence-corrected chi connectivity index (χ1v) is 11.1. The Balaban J connectivity index is 1.68. The summed E-state index contributed by atoms with van der Waals surface area (Å²) in [6.45, 7) is 9.97. The van der Waals surface area contributed by atoms with Crippen LogP contribution >= 0.6 is 0 Å². The molecule has 0 aromatic carbocycles. The molecule has 3 heterocycles. The Labute approximate surface area is 177 Å². The SMILES string of the molecule is CC(=O)OC1CCC(C)=CC2OC(=O)C3(C)OC23C(O)C2C3(CCC(C)C12C)CO3. The Kier molecular flexibility index (Phi) is 4.15. The van der Waals surface area contributed by atoms with Crippen molar-refractivity contribution in [2.24, 2.45) is 17.3 Å². The average molecular weight is 421 g/mol. The minimum absolute atomic E-state index is 0.193. The average Bonchev–Trinajstić information content (AvgIpc) is 3.55. The van der Waals surface area contributed by atoms with Gasteiger partial charge in [0.15, 0.2) is 17.3 Å². The predicted molar refractivity (Wildman–Crippen MR) is 105 cm³/mol. The van der Waals surface area contributed by atoms with Gasteiger partial charge in [0.2, 0.25) is 0 Å². The molecule has 9 unspecified atom stereocenters. The first-order valence-electron chi connectivity index (χ1n) is 11.1. The smallest absolute Gasteiger partial charge is 0.342 e. The zero-order valence-corrected chi connectivity index (χ0v) is 18.4. The van der Waals surface area contributed by atoms with E-state index in [2.05, 4.69) is 13.8 Å². The molecular weight excluding hydrogens is 388 g/mol. The molecule has 166 valence electrons. The number of carbonyl (C=O) groups is 2. The Morgan fingerprint density at radius 3 is 2.60 bits per heavy atom. The van der Waals surface area contributed by atoms with Crippen LogP contribution in [0.4, 0.5) is 0 Å². The van der Waals surface area contributed by atoms with Crippen molar-refractivity contribution in [1.29, 1.82) is 0 Å². The van der Waals surface area contributed by atoms with Gasteiger partial charge in [-0.05, 0) is 51.5 Å². The van der Waals surface area contributed by atoms with Gasteiger partial charge in [-0.2, -0.15) is 0 Å². The molecular formula is C23H32O7. The number of carbonyl (C=O) groups excluding carboxylic acids is 2. The normalized spacial score (nSPS) is 54.3. The van der Waals surface area contributed by atoms with Gasteiger partial charge < -0.3 is 24.1 Å². The minimum atomic E-state index is -1.17. The van der Waals surface area contributed by atoms with Crippen LogP contribution in [0.1, 0.15) is 60.3 Å². The second kappa shape index (κ2) is 6.08. The van der Waals surface area contributed by atoms with Crippen molar-refractivity contribution in [2.45, 2.75) is 95.4 Å². The number of ether oxygens (including phenoxy) is 4. The van der Waals surface area contributed by atoms with Crippen LogP contribution in [-0.2, 0) is 28.5 Å². The molecule has 0 bridgehead atoms. The van der Waals surface area contributed by atoms with Gasteiger partial charge in [0, 0.05) is 18.3 Å². The maximum atomic E-state index is 12.7. The van der Waals surface area contributed by atoms with Gasteiger partial charge in [0.1, 0.15) is 6.10 Å². The fraction of sp³-hybridized carbons (Fsp3) is 0.826. The van der Waals surface area contributed by atoms with E-state index in [-0.39, 0.29) is 23.9 Å². The van der Waals surface area contributed by atoms with E-state index < -0.39 is 40.4 Å². The zero-order valence-electron chi connectivity index (χ0n) is 18.4. The Hall–Kier alpha value is -1.44. The monoisotopic (exact) mass is 420 g/mol. The summed E-state index contributed by atoms with van der Waals surface area (Å²) >= 11 is 0. The van der Waals surface area contributed by atoms with Crippen molar-refractivity contribution in [3.63, 3.8) is 0 Å². The van der Waals surface area contributed by atoms with Crippen molar-refractivity contribution < 1.29 is 33.6 Å². The second-order valence-corrected chi connectivity index (χ2v) is 10.5. The van der Waals surface area contributed by atoms with E-state index in [1.54, 1.807) is 6.92 Å². The van der Waals surface area contributed by atoms with Crippen LogP contribution in [0.15, 0.2) is 11.6 Å². The number of hydrogen-bond donors (Lipinski definition) is 1. The van der Waals surface area contributed by atoms with Crippen molar-refractivity contribution in [3.05, 3.63) is 11.6 Å². The van der Waals surface area contributed by atoms with Crippen LogP contribution in [0.3, 0.4) is 0 Å². The molecule has 1 N–H and O–H groups in total. The number of fused-ring (bicyclic) bond motifs is 2. The summed E-state index contributed by atoms with van der Waals surface area (Å²) in [5, 5.41) is 12.0. The standard InChI is InChI=1S/C23H32O7/c1-12-6-7-15(28-14(3)24)20(4)13(2)8-9-22(11-27-22)17(20)18(25)23-16(10-12)29-19(26)21(23,5)30-23/h10,13,15-18,25H,6-9,11H2,1-5H3. The van der Waals surface area contributed by atoms with Gasteiger partial charge in [0.25, 0.3) is 0 Å². The van der Waals surface area contributed by atoms with Crippen LogP contribution in [0.2, 0.25) is 0 Å². The van der Waals surface area contributed by atoms with Crippen LogP contribution in [-0.4, -0.2) is 58.8 Å². The van der Waals surface area contributed by atoms with E-state index in [0.717, 1.165) is 18.4 Å². The predicted octanol–water partition coefficient (Wildman–Crippen LogP) is 2.29. The third-order valence-electron chi connectivity index (χ3n) is 8.93. The summed E-state index contributed by atoms with van der Waals surface area (Å²) in [5.41, 5.74) is -2.28. The Bertz CT molecular complexity index is 831. The summed E-state index contributed by atoms with van der Waals surface area (Å²) < 4.78 is 23.7. The number of esters is 2. The number of epoxide rings is 2. The number of hydrogen-bond acceptors (Lipinski definition) is 7. The summed E-state index contributed by atoms with van der Waals surface area (Å²) in [7, 11) is 0. The molecule has 9 atom stereocenters. The molecule has 1 saturated carbocycles. The van der Waals surface area contributed by atoms with Crippen LogP contribution in [0.5, 0.6) is 0 Å². The topological polar surface area (TPSA) is 97.9 Å². The van der Waals surface area contributed by atoms with Gasteiger partial charge in [-0.3, -0.25) is 4.79 Å². The fourth-order valence-electron chi connectivity index (χ4n) is 6.84. The number of aliphatic hydroxyl groups excluding tert-OH is 1. The van der Waals surface area contributed by atoms with Gasteiger partial charge in [0.05, 0.1) is 18.3 Å². The molecule has 0 aromatic heterocycles. The summed E-state index contributed by atoms with van der Waals surface area (Å²) in [6.07, 6.45) is 3.02. The zero-order chi connectivity index (χ0) is 21.7. The first-order chi connectivity index (χ1) is 14.0. The maximum absolute atomic E-state index is 12.7. The lowest BCUT2D eigenvalue weighted by atomic mass is 9.51. The summed E-state index contributed by atoms with van der Waals surface area (Å²) in [4.78, 5) is 24.7. The second-order valence-electron chi connectivity index (χ2n) is 10.5. The molecule has 3 aliphatic heterocycles. The van der Waals surface area contributed by atoms with Crippen LogP contribution < -0.4 is 0 Å². The molecule has 0 aromatic rings. The lowest BCUT2D eigenvalue weighted by Gasteiger charge is -2.55. The van der Waals surface area contributed by atoms with Crippen molar-refractivity contribution in [2.75, 3.05) is 6.61 Å². The molecule has 7 heteroatoms. The van der Waals surface area contributed by atoms with Gasteiger partial charge in [-0.25, -0.2) is 4.79 Å². The van der Waals surface area contributed by atoms with Crippen molar-refractivity contribution >= 4 is 11.9 Å². The third kappa shape index (κ3) is 2.37. The lowest BCUT2D eigenvalue weighted by Crippen LogP contribution is -2.63. The molecule has 2 spiro atoms. The third-order valence-corrected chi connectivity index (χ3v) is 8.93. The molecule has 4 fully saturated rings. The maximum Gasteiger partial charge on any atom is 0.342 e. The van der Waals surface area contributed by atoms with E-state index >= 15 is 0 Å². The molecule has 30 heavy (non-hydrogen) atoms. The molecule has 0 radical (unpaired) electrons. The fourth-order valence-corrected chi connectivity index (χ4v) is 6.84. The molecule has 2 aliphatic carbocycles. The highest BCUT2D eigenvalue weighted by Crippen LogP contribution is 2.68. The Morgan fingerprint density at radius 1 is 1.30 bits per heavy atom. The quantitative estimate of drug-likeness (QED) is 0.395. The van der Waals surface area contributed by atoms with E-state index in [4.69, 9.17) is 18.9 Å². The van der Waals surface area contributed by atoms with Crippen molar-refractivity contribution in [1.82, 2.24) is 0 Å². The van der Waals surface area contributed by atoms with E-state index in [9.17, 15) is 14.7 Å².